The molecule has 7 nitrogen and oxygen atoms in total. The fourth-order valence-corrected chi connectivity index (χ4v) is 4.32. The Balaban J connectivity index is 1.70. The number of nitriles is 1. The van der Waals surface area contributed by atoms with Crippen LogP contribution in [0.25, 0.3) is 16.7 Å². The first-order valence-electron chi connectivity index (χ1n) is 10.5. The van der Waals surface area contributed by atoms with E-state index in [1.54, 1.807) is 36.5 Å². The van der Waals surface area contributed by atoms with Crippen molar-refractivity contribution in [2.45, 2.75) is 18.5 Å². The topological polar surface area (TPSA) is 91.9 Å². The number of halogens is 1. The highest BCUT2D eigenvalue weighted by Crippen LogP contribution is 2.23. The van der Waals surface area contributed by atoms with Gasteiger partial charge in [-0.05, 0) is 61.0 Å². The van der Waals surface area contributed by atoms with E-state index < -0.39 is 5.82 Å². The number of aromatic nitrogens is 3. The van der Waals surface area contributed by atoms with Crippen LogP contribution in [0.3, 0.4) is 0 Å². The third-order valence-corrected chi connectivity index (χ3v) is 6.01. The number of carbonyl (C=O) groups excluding carboxylic acids is 1. The molecular weight excluding hydrogens is 453 g/mol. The zero-order valence-corrected chi connectivity index (χ0v) is 19.1. The average molecular weight is 474 g/mol. The summed E-state index contributed by atoms with van der Waals surface area (Å²) in [5.41, 5.74) is 1.66. The van der Waals surface area contributed by atoms with Crippen LogP contribution in [0.2, 0.25) is 0 Å². The standard InChI is InChI=1S/C25H20FN5O2S/c1-17-11-13-28-22(15-17)31-24(33)20-5-2-3-6-21(20)29-25(31)34-16-23(32)30(14-4-12-27)19-9-7-18(26)8-10-19/h2-3,5-11,13,15H,4,14,16H2,1H3. The molecule has 0 saturated carbocycles. The zero-order valence-electron chi connectivity index (χ0n) is 18.3. The summed E-state index contributed by atoms with van der Waals surface area (Å²) in [5.74, 6) is -0.337. The first-order chi connectivity index (χ1) is 16.5. The summed E-state index contributed by atoms with van der Waals surface area (Å²) in [6.07, 6.45) is 1.74. The molecular formula is C25H20FN5O2S. The summed E-state index contributed by atoms with van der Waals surface area (Å²) in [7, 11) is 0. The molecule has 34 heavy (non-hydrogen) atoms. The molecule has 0 saturated heterocycles. The third-order valence-electron chi connectivity index (χ3n) is 5.09. The molecule has 0 spiro atoms. The smallest absolute Gasteiger partial charge is 0.267 e. The first kappa shape index (κ1) is 23.1. The number of benzene rings is 2. The normalized spacial score (nSPS) is 10.7. The lowest BCUT2D eigenvalue weighted by molar-refractivity contribution is -0.116. The van der Waals surface area contributed by atoms with Gasteiger partial charge in [-0.3, -0.25) is 9.59 Å². The van der Waals surface area contributed by atoms with Crippen molar-refractivity contribution in [2.24, 2.45) is 0 Å². The number of aryl methyl sites for hydroxylation is 1. The monoisotopic (exact) mass is 473 g/mol. The molecule has 4 aromatic rings. The van der Waals surface area contributed by atoms with Gasteiger partial charge in [0.2, 0.25) is 5.91 Å². The Bertz CT molecular complexity index is 1450. The molecule has 0 unspecified atom stereocenters. The second-order valence-corrected chi connectivity index (χ2v) is 8.40. The minimum atomic E-state index is -0.416. The van der Waals surface area contributed by atoms with Crippen LogP contribution >= 0.6 is 11.8 Å². The maximum absolute atomic E-state index is 13.4. The van der Waals surface area contributed by atoms with Crippen LogP contribution < -0.4 is 10.5 Å². The van der Waals surface area contributed by atoms with Gasteiger partial charge >= 0.3 is 0 Å². The fraction of sp³-hybridized carbons (Fsp3) is 0.160. The van der Waals surface area contributed by atoms with Gasteiger partial charge < -0.3 is 4.90 Å². The number of rotatable bonds is 7. The summed E-state index contributed by atoms with van der Waals surface area (Å²) >= 11 is 1.11. The number of carbonyl (C=O) groups is 1. The van der Waals surface area contributed by atoms with E-state index in [1.165, 1.54) is 33.7 Å². The van der Waals surface area contributed by atoms with Crippen molar-refractivity contribution in [3.05, 3.63) is 88.6 Å². The Morgan fingerprint density at radius 1 is 1.18 bits per heavy atom. The molecule has 1 amide bonds. The number of anilines is 1. The SMILES string of the molecule is Cc1ccnc(-n2c(SCC(=O)N(CCC#N)c3ccc(F)cc3)nc3ccccc3c2=O)c1. The van der Waals surface area contributed by atoms with Crippen molar-refractivity contribution in [3.63, 3.8) is 0 Å². The number of pyridine rings is 1. The molecule has 0 N–H and O–H groups in total. The van der Waals surface area contributed by atoms with Crippen LogP contribution in [0, 0.1) is 24.1 Å². The molecule has 0 bridgehead atoms. The van der Waals surface area contributed by atoms with Gasteiger partial charge in [-0.15, -0.1) is 0 Å². The van der Waals surface area contributed by atoms with E-state index in [2.05, 4.69) is 9.97 Å². The minimum Gasteiger partial charge on any atom is -0.311 e. The minimum absolute atomic E-state index is 0.0423. The quantitative estimate of drug-likeness (QED) is 0.294. The zero-order chi connectivity index (χ0) is 24.1. The van der Waals surface area contributed by atoms with Crippen molar-refractivity contribution in [3.8, 4) is 11.9 Å². The predicted molar refractivity (Wildman–Crippen MR) is 130 cm³/mol. The highest BCUT2D eigenvalue weighted by Gasteiger charge is 2.19. The van der Waals surface area contributed by atoms with Crippen LogP contribution in [-0.2, 0) is 4.79 Å². The number of hydrogen-bond donors (Lipinski definition) is 0. The van der Waals surface area contributed by atoms with E-state index in [9.17, 15) is 14.0 Å². The molecule has 9 heteroatoms. The van der Waals surface area contributed by atoms with E-state index in [-0.39, 0.29) is 30.2 Å². The maximum Gasteiger partial charge on any atom is 0.267 e. The van der Waals surface area contributed by atoms with Crippen LogP contribution in [0.15, 0.2) is 76.8 Å². The number of para-hydroxylation sites is 1. The summed E-state index contributed by atoms with van der Waals surface area (Å²) in [6.45, 7) is 2.07. The Kier molecular flexibility index (Phi) is 6.99. The number of amides is 1. The number of thioether (sulfide) groups is 1. The maximum atomic E-state index is 13.4. The molecule has 0 aliphatic rings. The average Bonchev–Trinajstić information content (AvgIpc) is 2.84. The molecule has 0 fully saturated rings. The summed E-state index contributed by atoms with van der Waals surface area (Å²) in [6, 6.07) is 18.2. The fourth-order valence-electron chi connectivity index (χ4n) is 3.44. The molecule has 170 valence electrons. The largest absolute Gasteiger partial charge is 0.311 e. The van der Waals surface area contributed by atoms with Crippen molar-refractivity contribution in [1.29, 1.82) is 5.26 Å². The number of hydrogen-bond acceptors (Lipinski definition) is 6. The second kappa shape index (κ2) is 10.3. The molecule has 2 aromatic heterocycles. The van der Waals surface area contributed by atoms with Gasteiger partial charge in [0, 0.05) is 18.4 Å². The van der Waals surface area contributed by atoms with Crippen LogP contribution in [0.5, 0.6) is 0 Å². The number of fused-ring (bicyclic) bond motifs is 1. The van der Waals surface area contributed by atoms with E-state index in [4.69, 9.17) is 5.26 Å². The molecule has 0 aliphatic heterocycles. The molecule has 2 heterocycles. The van der Waals surface area contributed by atoms with Crippen molar-refractivity contribution >= 4 is 34.3 Å². The van der Waals surface area contributed by atoms with E-state index in [1.807, 2.05) is 19.1 Å². The van der Waals surface area contributed by atoms with E-state index in [0.29, 0.717) is 27.6 Å². The Hall–Kier alpha value is -4.03. The molecule has 2 aromatic carbocycles. The lowest BCUT2D eigenvalue weighted by Crippen LogP contribution is -2.33. The van der Waals surface area contributed by atoms with Crippen LogP contribution in [0.1, 0.15) is 12.0 Å². The third kappa shape index (κ3) is 4.97. The highest BCUT2D eigenvalue weighted by molar-refractivity contribution is 7.99. The summed E-state index contributed by atoms with van der Waals surface area (Å²) in [5, 5.41) is 9.78. The lowest BCUT2D eigenvalue weighted by Gasteiger charge is -2.22. The second-order valence-electron chi connectivity index (χ2n) is 7.46. The van der Waals surface area contributed by atoms with Gasteiger partial charge in [-0.2, -0.15) is 5.26 Å². The first-order valence-corrected chi connectivity index (χ1v) is 11.5. The highest BCUT2D eigenvalue weighted by atomic mass is 32.2. The van der Waals surface area contributed by atoms with Crippen molar-refractivity contribution < 1.29 is 9.18 Å². The van der Waals surface area contributed by atoms with Gasteiger partial charge in [0.1, 0.15) is 11.6 Å². The Morgan fingerprint density at radius 2 is 1.94 bits per heavy atom. The molecule has 0 atom stereocenters. The summed E-state index contributed by atoms with van der Waals surface area (Å²) < 4.78 is 14.8. The van der Waals surface area contributed by atoms with Gasteiger partial charge in [0.05, 0.1) is 29.1 Å². The molecule has 4 rings (SSSR count). The number of nitrogens with zero attached hydrogens (tertiary/aromatic N) is 5. The van der Waals surface area contributed by atoms with Gasteiger partial charge in [-0.1, -0.05) is 23.9 Å². The molecule has 0 radical (unpaired) electrons. The van der Waals surface area contributed by atoms with E-state index >= 15 is 0 Å². The summed E-state index contributed by atoms with van der Waals surface area (Å²) in [4.78, 5) is 36.9. The van der Waals surface area contributed by atoms with Gasteiger partial charge in [0.25, 0.3) is 5.56 Å². The van der Waals surface area contributed by atoms with E-state index in [0.717, 1.165) is 17.3 Å². The van der Waals surface area contributed by atoms with Gasteiger partial charge in [0.15, 0.2) is 5.16 Å². The Morgan fingerprint density at radius 3 is 2.68 bits per heavy atom. The van der Waals surface area contributed by atoms with Crippen LogP contribution in [0.4, 0.5) is 10.1 Å². The van der Waals surface area contributed by atoms with Crippen LogP contribution in [-0.4, -0.2) is 32.7 Å². The van der Waals surface area contributed by atoms with Gasteiger partial charge in [-0.25, -0.2) is 18.9 Å². The van der Waals surface area contributed by atoms with Crippen molar-refractivity contribution in [1.82, 2.24) is 14.5 Å². The van der Waals surface area contributed by atoms with Crippen molar-refractivity contribution in [2.75, 3.05) is 17.2 Å². The molecule has 0 aliphatic carbocycles. The predicted octanol–water partition coefficient (Wildman–Crippen LogP) is 4.27. The Labute approximate surface area is 199 Å². The lowest BCUT2D eigenvalue weighted by atomic mass is 10.2.